The molecular weight excluding hydrogens is 334 g/mol. The lowest BCUT2D eigenvalue weighted by atomic mass is 10.1. The maximum Gasteiger partial charge on any atom is 0.244 e. The fourth-order valence-electron chi connectivity index (χ4n) is 2.53. The van der Waals surface area contributed by atoms with Gasteiger partial charge in [-0.25, -0.2) is 0 Å². The van der Waals surface area contributed by atoms with Crippen LogP contribution < -0.4 is 15.5 Å². The Labute approximate surface area is 154 Å². The minimum absolute atomic E-state index is 0.0496. The van der Waals surface area contributed by atoms with Crippen LogP contribution in [0.3, 0.4) is 0 Å². The standard InChI is InChI=1S/C19H27N3O4/c1-3-26-14-4-12-20-18(23)11-13-22-19(24)10-9-17(21-22)15-5-7-16(25-2)8-6-15/h5-9,21H,3-4,10-14H2,1-2H3,(H,20,23). The number of carbonyl (C=O) groups is 2. The fraction of sp³-hybridized carbons (Fsp3) is 0.474. The maximum atomic E-state index is 12.1. The van der Waals surface area contributed by atoms with E-state index < -0.39 is 0 Å². The second kappa shape index (κ2) is 10.5. The summed E-state index contributed by atoms with van der Waals surface area (Å²) < 4.78 is 10.4. The van der Waals surface area contributed by atoms with E-state index in [0.29, 0.717) is 32.7 Å². The first-order chi connectivity index (χ1) is 12.6. The average molecular weight is 361 g/mol. The quantitative estimate of drug-likeness (QED) is 0.620. The highest BCUT2D eigenvalue weighted by Crippen LogP contribution is 2.20. The molecule has 1 aromatic carbocycles. The summed E-state index contributed by atoms with van der Waals surface area (Å²) >= 11 is 0. The molecular formula is C19H27N3O4. The normalized spacial score (nSPS) is 13.8. The van der Waals surface area contributed by atoms with Gasteiger partial charge in [0, 0.05) is 32.6 Å². The third-order valence-corrected chi connectivity index (χ3v) is 3.99. The number of carbonyl (C=O) groups excluding carboxylic acids is 2. The number of amides is 2. The van der Waals surface area contributed by atoms with Crippen molar-refractivity contribution in [1.29, 1.82) is 0 Å². The Morgan fingerprint density at radius 3 is 2.77 bits per heavy atom. The minimum Gasteiger partial charge on any atom is -0.497 e. The van der Waals surface area contributed by atoms with Gasteiger partial charge in [-0.3, -0.25) is 20.0 Å². The van der Waals surface area contributed by atoms with Crippen LogP contribution in [0.4, 0.5) is 0 Å². The van der Waals surface area contributed by atoms with Crippen LogP contribution in [0.5, 0.6) is 5.75 Å². The Balaban J connectivity index is 1.79. The van der Waals surface area contributed by atoms with Gasteiger partial charge in [-0.2, -0.15) is 0 Å². The minimum atomic E-state index is -0.0725. The van der Waals surface area contributed by atoms with Crippen molar-refractivity contribution >= 4 is 17.5 Å². The molecule has 142 valence electrons. The summed E-state index contributed by atoms with van der Waals surface area (Å²) in [6.07, 6.45) is 3.20. The van der Waals surface area contributed by atoms with Crippen molar-refractivity contribution in [2.45, 2.75) is 26.2 Å². The monoisotopic (exact) mass is 361 g/mol. The largest absolute Gasteiger partial charge is 0.497 e. The SMILES string of the molecule is CCOCCCNC(=O)CCN1NC(c2ccc(OC)cc2)=CCC1=O. The van der Waals surface area contributed by atoms with E-state index in [1.165, 1.54) is 5.01 Å². The highest BCUT2D eigenvalue weighted by molar-refractivity contribution is 5.84. The van der Waals surface area contributed by atoms with Gasteiger partial charge in [0.2, 0.25) is 11.8 Å². The van der Waals surface area contributed by atoms with Crippen molar-refractivity contribution in [2.75, 3.05) is 33.4 Å². The number of hydrazine groups is 1. The fourth-order valence-corrected chi connectivity index (χ4v) is 2.53. The van der Waals surface area contributed by atoms with Gasteiger partial charge in [0.25, 0.3) is 0 Å². The molecule has 2 amide bonds. The molecule has 7 heteroatoms. The Hall–Kier alpha value is -2.54. The number of benzene rings is 1. The Morgan fingerprint density at radius 2 is 2.08 bits per heavy atom. The van der Waals surface area contributed by atoms with E-state index in [0.717, 1.165) is 23.4 Å². The van der Waals surface area contributed by atoms with E-state index in [4.69, 9.17) is 9.47 Å². The molecule has 0 spiro atoms. The average Bonchev–Trinajstić information content (AvgIpc) is 2.67. The first kappa shape index (κ1) is 19.8. The third-order valence-electron chi connectivity index (χ3n) is 3.99. The zero-order valence-electron chi connectivity index (χ0n) is 15.4. The lowest BCUT2D eigenvalue weighted by molar-refractivity contribution is -0.133. The molecule has 1 aliphatic rings. The zero-order chi connectivity index (χ0) is 18.8. The zero-order valence-corrected chi connectivity index (χ0v) is 15.4. The first-order valence-corrected chi connectivity index (χ1v) is 8.90. The van der Waals surface area contributed by atoms with Gasteiger partial charge in [0.15, 0.2) is 0 Å². The number of ether oxygens (including phenoxy) is 2. The van der Waals surface area contributed by atoms with Crippen molar-refractivity contribution in [3.8, 4) is 5.75 Å². The molecule has 2 rings (SSSR count). The predicted molar refractivity (Wildman–Crippen MR) is 99.2 cm³/mol. The van der Waals surface area contributed by atoms with E-state index in [1.54, 1.807) is 7.11 Å². The van der Waals surface area contributed by atoms with Crippen molar-refractivity contribution in [3.63, 3.8) is 0 Å². The highest BCUT2D eigenvalue weighted by Gasteiger charge is 2.20. The van der Waals surface area contributed by atoms with E-state index in [2.05, 4.69) is 10.7 Å². The van der Waals surface area contributed by atoms with Crippen LogP contribution in [0.1, 0.15) is 31.7 Å². The van der Waals surface area contributed by atoms with Gasteiger partial charge in [-0.05, 0) is 49.2 Å². The third kappa shape index (κ3) is 6.07. The smallest absolute Gasteiger partial charge is 0.244 e. The second-order valence-electron chi connectivity index (χ2n) is 5.86. The van der Waals surface area contributed by atoms with E-state index in [-0.39, 0.29) is 18.2 Å². The summed E-state index contributed by atoms with van der Waals surface area (Å²) in [6.45, 7) is 4.16. The lowest BCUT2D eigenvalue weighted by Crippen LogP contribution is -2.45. The summed E-state index contributed by atoms with van der Waals surface area (Å²) in [5.74, 6) is 0.655. The van der Waals surface area contributed by atoms with Crippen molar-refractivity contribution in [3.05, 3.63) is 35.9 Å². The molecule has 0 saturated carbocycles. The summed E-state index contributed by atoms with van der Waals surface area (Å²) in [4.78, 5) is 24.0. The van der Waals surface area contributed by atoms with Crippen LogP contribution >= 0.6 is 0 Å². The summed E-state index contributed by atoms with van der Waals surface area (Å²) in [5.41, 5.74) is 4.91. The summed E-state index contributed by atoms with van der Waals surface area (Å²) in [6, 6.07) is 7.59. The van der Waals surface area contributed by atoms with Gasteiger partial charge >= 0.3 is 0 Å². The molecule has 0 aromatic heterocycles. The Bertz CT molecular complexity index is 628. The maximum absolute atomic E-state index is 12.1. The number of nitrogens with one attached hydrogen (secondary N) is 2. The first-order valence-electron chi connectivity index (χ1n) is 8.90. The number of hydrogen-bond donors (Lipinski definition) is 2. The molecule has 26 heavy (non-hydrogen) atoms. The van der Waals surface area contributed by atoms with Crippen LogP contribution in [0.25, 0.3) is 5.70 Å². The van der Waals surface area contributed by atoms with E-state index >= 15 is 0 Å². The number of nitrogens with zero attached hydrogens (tertiary/aromatic N) is 1. The molecule has 1 aromatic rings. The Kier molecular flexibility index (Phi) is 7.95. The molecule has 7 nitrogen and oxygen atoms in total. The van der Waals surface area contributed by atoms with Gasteiger partial charge < -0.3 is 14.8 Å². The van der Waals surface area contributed by atoms with Crippen molar-refractivity contribution < 1.29 is 19.1 Å². The molecule has 0 bridgehead atoms. The molecule has 0 aliphatic carbocycles. The topological polar surface area (TPSA) is 79.9 Å². The van der Waals surface area contributed by atoms with Crippen LogP contribution in [-0.4, -0.2) is 50.2 Å². The lowest BCUT2D eigenvalue weighted by Gasteiger charge is -2.29. The molecule has 0 atom stereocenters. The second-order valence-corrected chi connectivity index (χ2v) is 5.86. The number of hydrogen-bond acceptors (Lipinski definition) is 5. The van der Waals surface area contributed by atoms with Crippen LogP contribution in [0.2, 0.25) is 0 Å². The van der Waals surface area contributed by atoms with E-state index in [9.17, 15) is 9.59 Å². The van der Waals surface area contributed by atoms with Gasteiger partial charge in [0.05, 0.1) is 19.4 Å². The number of methoxy groups -OCH3 is 1. The molecule has 0 unspecified atom stereocenters. The Morgan fingerprint density at radius 1 is 1.31 bits per heavy atom. The summed E-state index contributed by atoms with van der Waals surface area (Å²) in [7, 11) is 1.62. The molecule has 0 saturated heterocycles. The molecule has 0 fully saturated rings. The van der Waals surface area contributed by atoms with Gasteiger partial charge in [-0.1, -0.05) is 0 Å². The number of rotatable bonds is 10. The van der Waals surface area contributed by atoms with Crippen molar-refractivity contribution in [2.24, 2.45) is 0 Å². The van der Waals surface area contributed by atoms with Crippen LogP contribution in [0, 0.1) is 0 Å². The molecule has 1 heterocycles. The van der Waals surface area contributed by atoms with E-state index in [1.807, 2.05) is 37.3 Å². The molecule has 1 aliphatic heterocycles. The van der Waals surface area contributed by atoms with Gasteiger partial charge in [-0.15, -0.1) is 0 Å². The summed E-state index contributed by atoms with van der Waals surface area (Å²) in [5, 5.41) is 4.34. The van der Waals surface area contributed by atoms with Crippen LogP contribution in [0.15, 0.2) is 30.3 Å². The molecule has 0 radical (unpaired) electrons. The molecule has 2 N–H and O–H groups in total. The van der Waals surface area contributed by atoms with Crippen molar-refractivity contribution in [1.82, 2.24) is 15.8 Å². The predicted octanol–water partition coefficient (Wildman–Crippen LogP) is 1.71. The highest BCUT2D eigenvalue weighted by atomic mass is 16.5. The van der Waals surface area contributed by atoms with Gasteiger partial charge in [0.1, 0.15) is 5.75 Å². The van der Waals surface area contributed by atoms with Crippen LogP contribution in [-0.2, 0) is 14.3 Å².